The van der Waals surface area contributed by atoms with E-state index in [1.165, 1.54) is 6.26 Å². The first-order chi connectivity index (χ1) is 4.81. The number of hydrogen-bond acceptors (Lipinski definition) is 3. The molecule has 0 rings (SSSR count). The minimum Gasteiger partial charge on any atom is -0.476 e. The van der Waals surface area contributed by atoms with Crippen LogP contribution in [-0.2, 0) is 9.47 Å². The lowest BCUT2D eigenvalue weighted by Crippen LogP contribution is -2.14. The third kappa shape index (κ3) is 5.59. The van der Waals surface area contributed by atoms with Gasteiger partial charge in [0.05, 0.1) is 19.0 Å². The van der Waals surface area contributed by atoms with Crippen LogP contribution >= 0.6 is 0 Å². The van der Waals surface area contributed by atoms with Crippen molar-refractivity contribution in [2.24, 2.45) is 0 Å². The predicted octanol–water partition coefficient (Wildman–Crippen LogP) is 0.891. The van der Waals surface area contributed by atoms with Crippen LogP contribution in [0.2, 0.25) is 0 Å². The molecule has 0 spiro atoms. The molecule has 0 aromatic rings. The summed E-state index contributed by atoms with van der Waals surface area (Å²) < 4.78 is 9.54. The van der Waals surface area contributed by atoms with Crippen molar-refractivity contribution in [3.05, 3.63) is 12.8 Å². The van der Waals surface area contributed by atoms with Gasteiger partial charge < -0.3 is 14.6 Å². The maximum Gasteiger partial charge on any atom is 0.188 e. The molecule has 0 saturated heterocycles. The van der Waals surface area contributed by atoms with Crippen LogP contribution in [0.1, 0.15) is 13.3 Å². The van der Waals surface area contributed by atoms with E-state index < -0.39 is 0 Å². The molecule has 10 heavy (non-hydrogen) atoms. The van der Waals surface area contributed by atoms with Gasteiger partial charge in [0.2, 0.25) is 0 Å². The van der Waals surface area contributed by atoms with E-state index in [-0.39, 0.29) is 12.9 Å². The molecule has 0 amide bonds. The molecule has 0 bridgehead atoms. The maximum absolute atomic E-state index is 8.95. The highest BCUT2D eigenvalue weighted by Gasteiger charge is 1.98. The van der Waals surface area contributed by atoms with E-state index in [0.717, 1.165) is 0 Å². The Kier molecular flexibility index (Phi) is 6.22. The Bertz CT molecular complexity index is 82.9. The second-order valence-electron chi connectivity index (χ2n) is 1.88. The molecule has 0 aromatic heterocycles. The number of hydrogen-bond donors (Lipinski definition) is 1. The molecule has 1 N–H and O–H groups in total. The minimum atomic E-state index is -0.381. The summed E-state index contributed by atoms with van der Waals surface area (Å²) in [6.07, 6.45) is 1.63. The van der Waals surface area contributed by atoms with Gasteiger partial charge in [-0.15, -0.1) is 0 Å². The van der Waals surface area contributed by atoms with Crippen molar-refractivity contribution in [1.29, 1.82) is 0 Å². The van der Waals surface area contributed by atoms with E-state index in [2.05, 4.69) is 11.3 Å². The molecule has 60 valence electrons. The van der Waals surface area contributed by atoms with Gasteiger partial charge in [-0.2, -0.15) is 0 Å². The van der Waals surface area contributed by atoms with Crippen molar-refractivity contribution in [3.8, 4) is 0 Å². The van der Waals surface area contributed by atoms with Crippen LogP contribution in [-0.4, -0.2) is 24.6 Å². The highest BCUT2D eigenvalue weighted by Crippen LogP contribution is 1.90. The molecule has 0 aromatic carbocycles. The molecule has 3 nitrogen and oxygen atoms in total. The Hall–Kier alpha value is -0.540. The van der Waals surface area contributed by atoms with Gasteiger partial charge >= 0.3 is 0 Å². The smallest absolute Gasteiger partial charge is 0.188 e. The molecule has 0 aliphatic carbocycles. The van der Waals surface area contributed by atoms with Gasteiger partial charge in [-0.25, -0.2) is 0 Å². The van der Waals surface area contributed by atoms with Crippen molar-refractivity contribution in [2.75, 3.05) is 13.4 Å². The lowest BCUT2D eigenvalue weighted by atomic mass is 10.3. The molecule has 0 saturated carbocycles. The first-order valence-corrected chi connectivity index (χ1v) is 3.29. The van der Waals surface area contributed by atoms with Crippen molar-refractivity contribution in [2.45, 2.75) is 19.4 Å². The third-order valence-electron chi connectivity index (χ3n) is 1.05. The fourth-order valence-corrected chi connectivity index (χ4v) is 0.398. The lowest BCUT2D eigenvalue weighted by Gasteiger charge is -2.07. The topological polar surface area (TPSA) is 38.7 Å². The minimum absolute atomic E-state index is 0.167. The fraction of sp³-hybridized carbons (Fsp3) is 0.714. The lowest BCUT2D eigenvalue weighted by molar-refractivity contribution is -0.0479. The summed E-state index contributed by atoms with van der Waals surface area (Å²) in [5.41, 5.74) is 0. The van der Waals surface area contributed by atoms with Gasteiger partial charge in [-0.3, -0.25) is 0 Å². The molecular weight excluding hydrogens is 132 g/mol. The van der Waals surface area contributed by atoms with Crippen molar-refractivity contribution < 1.29 is 14.6 Å². The molecule has 1 atom stereocenters. The van der Waals surface area contributed by atoms with E-state index >= 15 is 0 Å². The first kappa shape index (κ1) is 9.46. The Morgan fingerprint density at radius 2 is 2.40 bits per heavy atom. The SMILES string of the molecule is C=COCOCC(O)CC. The molecular formula is C7H14O3. The summed E-state index contributed by atoms with van der Waals surface area (Å²) in [4.78, 5) is 0. The second-order valence-corrected chi connectivity index (χ2v) is 1.88. The standard InChI is InChI=1S/C7H14O3/c1-3-7(8)5-10-6-9-4-2/h4,7-8H,2-3,5-6H2,1H3. The summed E-state index contributed by atoms with van der Waals surface area (Å²) in [5.74, 6) is 0. The Morgan fingerprint density at radius 1 is 1.70 bits per heavy atom. The van der Waals surface area contributed by atoms with Crippen molar-refractivity contribution in [1.82, 2.24) is 0 Å². The van der Waals surface area contributed by atoms with Crippen molar-refractivity contribution >= 4 is 0 Å². The summed E-state index contributed by atoms with van der Waals surface area (Å²) in [7, 11) is 0. The van der Waals surface area contributed by atoms with E-state index in [9.17, 15) is 0 Å². The first-order valence-electron chi connectivity index (χ1n) is 3.29. The number of aliphatic hydroxyl groups excluding tert-OH is 1. The van der Waals surface area contributed by atoms with Gasteiger partial charge in [-0.1, -0.05) is 13.5 Å². The Morgan fingerprint density at radius 3 is 2.90 bits per heavy atom. The Balaban J connectivity index is 2.95. The monoisotopic (exact) mass is 146 g/mol. The molecule has 0 radical (unpaired) electrons. The number of rotatable bonds is 6. The largest absolute Gasteiger partial charge is 0.476 e. The molecule has 0 aliphatic heterocycles. The van der Waals surface area contributed by atoms with Crippen LogP contribution in [0.25, 0.3) is 0 Å². The van der Waals surface area contributed by atoms with E-state index in [1.807, 2.05) is 6.92 Å². The van der Waals surface area contributed by atoms with Gasteiger partial charge in [0, 0.05) is 0 Å². The zero-order valence-corrected chi connectivity index (χ0v) is 6.25. The molecule has 0 heterocycles. The van der Waals surface area contributed by atoms with Crippen molar-refractivity contribution in [3.63, 3.8) is 0 Å². The highest BCUT2D eigenvalue weighted by atomic mass is 16.7. The summed E-state index contributed by atoms with van der Waals surface area (Å²) in [6.45, 7) is 5.72. The zero-order valence-electron chi connectivity index (χ0n) is 6.25. The van der Waals surface area contributed by atoms with Crippen LogP contribution in [0, 0.1) is 0 Å². The average Bonchev–Trinajstić information content (AvgIpc) is 1.98. The molecule has 1 unspecified atom stereocenters. The normalized spacial score (nSPS) is 12.6. The quantitative estimate of drug-likeness (QED) is 0.343. The van der Waals surface area contributed by atoms with Crippen LogP contribution in [0.4, 0.5) is 0 Å². The van der Waals surface area contributed by atoms with Gasteiger partial charge in [0.25, 0.3) is 0 Å². The molecule has 3 heteroatoms. The van der Waals surface area contributed by atoms with E-state index in [1.54, 1.807) is 0 Å². The van der Waals surface area contributed by atoms with E-state index in [4.69, 9.17) is 9.84 Å². The average molecular weight is 146 g/mol. The predicted molar refractivity (Wildman–Crippen MR) is 38.4 cm³/mol. The van der Waals surface area contributed by atoms with E-state index in [0.29, 0.717) is 13.0 Å². The van der Waals surface area contributed by atoms with Gasteiger partial charge in [0.15, 0.2) is 6.79 Å². The summed E-state index contributed by atoms with van der Waals surface area (Å²) in [6, 6.07) is 0. The summed E-state index contributed by atoms with van der Waals surface area (Å²) in [5, 5.41) is 8.95. The van der Waals surface area contributed by atoms with Gasteiger partial charge in [0.1, 0.15) is 0 Å². The van der Waals surface area contributed by atoms with Crippen LogP contribution in [0.15, 0.2) is 12.8 Å². The van der Waals surface area contributed by atoms with Crippen LogP contribution in [0.5, 0.6) is 0 Å². The number of ether oxygens (including phenoxy) is 2. The highest BCUT2D eigenvalue weighted by molar-refractivity contribution is 4.48. The Labute approximate surface area is 61.3 Å². The molecule has 0 aliphatic rings. The third-order valence-corrected chi connectivity index (χ3v) is 1.05. The van der Waals surface area contributed by atoms with Gasteiger partial charge in [-0.05, 0) is 6.42 Å². The zero-order chi connectivity index (χ0) is 7.82. The number of aliphatic hydroxyl groups is 1. The fourth-order valence-electron chi connectivity index (χ4n) is 0.398. The molecule has 0 fully saturated rings. The second kappa shape index (κ2) is 6.58. The summed E-state index contributed by atoms with van der Waals surface area (Å²) >= 11 is 0. The maximum atomic E-state index is 8.95. The van der Waals surface area contributed by atoms with Crippen LogP contribution in [0.3, 0.4) is 0 Å². The van der Waals surface area contributed by atoms with Crippen LogP contribution < -0.4 is 0 Å².